The number of nitrogens with two attached hydrogens (primary N) is 1. The van der Waals surface area contributed by atoms with E-state index in [1.54, 1.807) is 7.11 Å². The number of nitrogens with zero attached hydrogens (tertiary/aromatic N) is 2. The van der Waals surface area contributed by atoms with E-state index in [9.17, 15) is 0 Å². The molecular weight excluding hydrogens is 178 g/mol. The smallest absolute Gasteiger partial charge is 0.133 e. The Morgan fingerprint density at radius 2 is 2.00 bits per heavy atom. The van der Waals surface area contributed by atoms with Gasteiger partial charge in [0.1, 0.15) is 11.6 Å². The molecule has 0 aliphatic rings. The molecule has 1 rings (SSSR count). The predicted octanol–water partition coefficient (Wildman–Crippen LogP) is 1.25. The summed E-state index contributed by atoms with van der Waals surface area (Å²) >= 11 is 0. The highest BCUT2D eigenvalue weighted by molar-refractivity contribution is 5.40. The van der Waals surface area contributed by atoms with Gasteiger partial charge in [-0.3, -0.25) is 0 Å². The van der Waals surface area contributed by atoms with Gasteiger partial charge in [-0.1, -0.05) is 0 Å². The molecule has 0 aromatic carbocycles. The van der Waals surface area contributed by atoms with Crippen molar-refractivity contribution >= 4 is 5.82 Å². The molecule has 0 amide bonds. The Morgan fingerprint density at radius 1 is 1.36 bits per heavy atom. The van der Waals surface area contributed by atoms with Gasteiger partial charge in [-0.15, -0.1) is 0 Å². The van der Waals surface area contributed by atoms with Crippen LogP contribution in [0.25, 0.3) is 0 Å². The van der Waals surface area contributed by atoms with E-state index in [1.807, 2.05) is 20.8 Å². The van der Waals surface area contributed by atoms with Gasteiger partial charge in [-0.25, -0.2) is 9.97 Å². The van der Waals surface area contributed by atoms with E-state index in [1.165, 1.54) is 0 Å². The van der Waals surface area contributed by atoms with Crippen LogP contribution in [0.1, 0.15) is 24.0 Å². The second-order valence-corrected chi connectivity index (χ2v) is 3.49. The van der Waals surface area contributed by atoms with Crippen molar-refractivity contribution < 1.29 is 4.74 Å². The molecular formula is C10H17N3O. The van der Waals surface area contributed by atoms with Gasteiger partial charge in [-0.05, 0) is 20.8 Å². The summed E-state index contributed by atoms with van der Waals surface area (Å²) in [7, 11) is 1.68. The van der Waals surface area contributed by atoms with Gasteiger partial charge in [0.25, 0.3) is 0 Å². The van der Waals surface area contributed by atoms with Crippen LogP contribution in [0, 0.1) is 13.8 Å². The van der Waals surface area contributed by atoms with Crippen LogP contribution in [0.5, 0.6) is 0 Å². The Balaban J connectivity index is 2.89. The maximum Gasteiger partial charge on any atom is 0.133 e. The van der Waals surface area contributed by atoms with Crippen LogP contribution in [0.15, 0.2) is 0 Å². The first-order valence-electron chi connectivity index (χ1n) is 4.67. The van der Waals surface area contributed by atoms with Gasteiger partial charge < -0.3 is 10.5 Å². The summed E-state index contributed by atoms with van der Waals surface area (Å²) in [4.78, 5) is 8.56. The van der Waals surface area contributed by atoms with Gasteiger partial charge in [0.05, 0.1) is 6.10 Å². The molecule has 2 N–H and O–H groups in total. The number of methoxy groups -OCH3 is 1. The minimum absolute atomic E-state index is 0.122. The number of hydrogen-bond donors (Lipinski definition) is 1. The zero-order valence-electron chi connectivity index (χ0n) is 9.16. The maximum atomic E-state index is 5.75. The fraction of sp³-hybridized carbons (Fsp3) is 0.600. The van der Waals surface area contributed by atoms with Crippen LogP contribution in [0.2, 0.25) is 0 Å². The van der Waals surface area contributed by atoms with Crippen molar-refractivity contribution in [3.05, 3.63) is 17.1 Å². The average Bonchev–Trinajstić information content (AvgIpc) is 2.14. The summed E-state index contributed by atoms with van der Waals surface area (Å²) < 4.78 is 5.14. The normalized spacial score (nSPS) is 12.9. The summed E-state index contributed by atoms with van der Waals surface area (Å²) in [5.41, 5.74) is 7.64. The second kappa shape index (κ2) is 4.37. The van der Waals surface area contributed by atoms with Crippen molar-refractivity contribution in [2.24, 2.45) is 0 Å². The van der Waals surface area contributed by atoms with Gasteiger partial charge in [0, 0.05) is 24.8 Å². The van der Waals surface area contributed by atoms with E-state index in [0.29, 0.717) is 12.2 Å². The van der Waals surface area contributed by atoms with Crippen LogP contribution in [-0.4, -0.2) is 23.2 Å². The van der Waals surface area contributed by atoms with Crippen molar-refractivity contribution in [3.8, 4) is 0 Å². The zero-order chi connectivity index (χ0) is 10.7. The zero-order valence-corrected chi connectivity index (χ0v) is 9.16. The predicted molar refractivity (Wildman–Crippen MR) is 56.1 cm³/mol. The van der Waals surface area contributed by atoms with Crippen molar-refractivity contribution in [2.75, 3.05) is 12.8 Å². The van der Waals surface area contributed by atoms with E-state index < -0.39 is 0 Å². The highest BCUT2D eigenvalue weighted by atomic mass is 16.5. The molecule has 0 aliphatic carbocycles. The molecule has 0 saturated heterocycles. The molecule has 0 aliphatic heterocycles. The maximum absolute atomic E-state index is 5.75. The second-order valence-electron chi connectivity index (χ2n) is 3.49. The Kier molecular flexibility index (Phi) is 3.41. The number of aryl methyl sites for hydroxylation is 1. The van der Waals surface area contributed by atoms with Gasteiger partial charge in [0.15, 0.2) is 0 Å². The van der Waals surface area contributed by atoms with Crippen molar-refractivity contribution in [1.82, 2.24) is 9.97 Å². The standard InChI is InChI=1S/C10H17N3O/c1-6(14-4)5-9-12-8(3)7(2)10(11)13-9/h6H,5H2,1-4H3,(H2,11,12,13). The Bertz CT molecular complexity index is 302. The lowest BCUT2D eigenvalue weighted by Gasteiger charge is -2.10. The molecule has 1 aromatic heterocycles. The topological polar surface area (TPSA) is 61.0 Å². The summed E-state index contributed by atoms with van der Waals surface area (Å²) in [6.45, 7) is 5.84. The van der Waals surface area contributed by atoms with Crippen LogP contribution >= 0.6 is 0 Å². The lowest BCUT2D eigenvalue weighted by molar-refractivity contribution is 0.117. The molecule has 0 spiro atoms. The third-order valence-electron chi connectivity index (χ3n) is 2.35. The molecule has 0 saturated carbocycles. The van der Waals surface area contributed by atoms with Crippen LogP contribution in [0.3, 0.4) is 0 Å². The van der Waals surface area contributed by atoms with E-state index in [2.05, 4.69) is 9.97 Å². The van der Waals surface area contributed by atoms with E-state index in [0.717, 1.165) is 17.1 Å². The third kappa shape index (κ3) is 2.42. The number of rotatable bonds is 3. The molecule has 78 valence electrons. The molecule has 0 bridgehead atoms. The van der Waals surface area contributed by atoms with E-state index >= 15 is 0 Å². The summed E-state index contributed by atoms with van der Waals surface area (Å²) in [5, 5.41) is 0. The highest BCUT2D eigenvalue weighted by Gasteiger charge is 2.08. The first-order valence-corrected chi connectivity index (χ1v) is 4.67. The number of anilines is 1. The number of aromatic nitrogens is 2. The molecule has 1 unspecified atom stereocenters. The average molecular weight is 195 g/mol. The molecule has 1 aromatic rings. The summed E-state index contributed by atoms with van der Waals surface area (Å²) in [6, 6.07) is 0. The van der Waals surface area contributed by atoms with Crippen molar-refractivity contribution in [1.29, 1.82) is 0 Å². The van der Waals surface area contributed by atoms with Crippen LogP contribution < -0.4 is 5.73 Å². The summed E-state index contributed by atoms with van der Waals surface area (Å²) in [6.07, 6.45) is 0.818. The van der Waals surface area contributed by atoms with Gasteiger partial charge in [-0.2, -0.15) is 0 Å². The fourth-order valence-electron chi connectivity index (χ4n) is 1.14. The Hall–Kier alpha value is -1.16. The third-order valence-corrected chi connectivity index (χ3v) is 2.35. The molecule has 1 atom stereocenters. The first-order chi connectivity index (χ1) is 6.54. The fourth-order valence-corrected chi connectivity index (χ4v) is 1.14. The van der Waals surface area contributed by atoms with Gasteiger partial charge >= 0.3 is 0 Å². The Morgan fingerprint density at radius 3 is 2.50 bits per heavy atom. The molecule has 4 nitrogen and oxygen atoms in total. The SMILES string of the molecule is COC(C)Cc1nc(C)c(C)c(N)n1. The monoisotopic (exact) mass is 195 g/mol. The molecule has 4 heteroatoms. The van der Waals surface area contributed by atoms with E-state index in [4.69, 9.17) is 10.5 Å². The van der Waals surface area contributed by atoms with Gasteiger partial charge in [0.2, 0.25) is 0 Å². The lowest BCUT2D eigenvalue weighted by atomic mass is 10.2. The number of hydrogen-bond acceptors (Lipinski definition) is 4. The molecule has 14 heavy (non-hydrogen) atoms. The lowest BCUT2D eigenvalue weighted by Crippen LogP contribution is -2.13. The Labute approximate surface area is 84.5 Å². The quantitative estimate of drug-likeness (QED) is 0.788. The summed E-state index contributed by atoms with van der Waals surface area (Å²) in [5.74, 6) is 1.32. The van der Waals surface area contributed by atoms with Crippen LogP contribution in [0.4, 0.5) is 5.82 Å². The minimum atomic E-state index is 0.122. The first kappa shape index (κ1) is 10.9. The molecule has 0 radical (unpaired) electrons. The number of ether oxygens (including phenoxy) is 1. The van der Waals surface area contributed by atoms with E-state index in [-0.39, 0.29) is 6.10 Å². The van der Waals surface area contributed by atoms with Crippen LogP contribution in [-0.2, 0) is 11.2 Å². The number of nitrogen functional groups attached to an aromatic ring is 1. The molecule has 0 fully saturated rings. The minimum Gasteiger partial charge on any atom is -0.383 e. The molecule has 1 heterocycles. The largest absolute Gasteiger partial charge is 0.383 e. The van der Waals surface area contributed by atoms with Crippen molar-refractivity contribution in [3.63, 3.8) is 0 Å². The highest BCUT2D eigenvalue weighted by Crippen LogP contribution is 2.12. The van der Waals surface area contributed by atoms with Crippen molar-refractivity contribution in [2.45, 2.75) is 33.3 Å².